The third-order valence-corrected chi connectivity index (χ3v) is 5.03. The van der Waals surface area contributed by atoms with Crippen LogP contribution in [0.2, 0.25) is 0 Å². The van der Waals surface area contributed by atoms with E-state index in [4.69, 9.17) is 14.2 Å². The first-order valence-corrected chi connectivity index (χ1v) is 8.68. The number of hydrogen-bond acceptors (Lipinski definition) is 6. The van der Waals surface area contributed by atoms with Gasteiger partial charge in [0.1, 0.15) is 0 Å². The Balaban J connectivity index is 2.02. The van der Waals surface area contributed by atoms with Crippen molar-refractivity contribution in [1.29, 1.82) is 0 Å². The zero-order valence-corrected chi connectivity index (χ0v) is 15.4. The van der Waals surface area contributed by atoms with E-state index >= 15 is 0 Å². The highest BCUT2D eigenvalue weighted by atomic mass is 32.1. The number of carbonyl (C=O) groups excluding carboxylic acids is 1. The Bertz CT molecular complexity index is 776. The van der Waals surface area contributed by atoms with E-state index in [1.807, 2.05) is 29.6 Å². The minimum Gasteiger partial charge on any atom is -0.493 e. The number of methoxy groups -OCH3 is 3. The normalized spacial score (nSPS) is 16.6. The highest BCUT2D eigenvalue weighted by molar-refractivity contribution is 7.12. The third-order valence-electron chi connectivity index (χ3n) is 4.11. The van der Waals surface area contributed by atoms with E-state index in [1.165, 1.54) is 11.9 Å². The number of amides is 1. The molecule has 25 heavy (non-hydrogen) atoms. The number of nitrogens with zero attached hydrogens (tertiary/aromatic N) is 2. The first kappa shape index (κ1) is 17.3. The predicted molar refractivity (Wildman–Crippen MR) is 96.8 cm³/mol. The molecule has 0 radical (unpaired) electrons. The summed E-state index contributed by atoms with van der Waals surface area (Å²) in [5, 5.41) is 8.07. The van der Waals surface area contributed by atoms with Gasteiger partial charge in [-0.3, -0.25) is 4.79 Å². The van der Waals surface area contributed by atoms with Gasteiger partial charge < -0.3 is 14.2 Å². The van der Waals surface area contributed by atoms with Gasteiger partial charge in [-0.25, -0.2) is 5.01 Å². The maximum absolute atomic E-state index is 12.1. The van der Waals surface area contributed by atoms with Crippen molar-refractivity contribution in [3.63, 3.8) is 0 Å². The lowest BCUT2D eigenvalue weighted by molar-refractivity contribution is -0.130. The van der Waals surface area contributed by atoms with Gasteiger partial charge in [0.15, 0.2) is 11.5 Å². The van der Waals surface area contributed by atoms with Crippen molar-refractivity contribution in [3.05, 3.63) is 40.1 Å². The molecule has 1 atom stereocenters. The van der Waals surface area contributed by atoms with Gasteiger partial charge in [0.25, 0.3) is 0 Å². The summed E-state index contributed by atoms with van der Waals surface area (Å²) >= 11 is 1.61. The Labute approximate surface area is 150 Å². The van der Waals surface area contributed by atoms with Crippen molar-refractivity contribution >= 4 is 23.0 Å². The number of ether oxygens (including phenoxy) is 3. The molecule has 132 valence electrons. The summed E-state index contributed by atoms with van der Waals surface area (Å²) in [6, 6.07) is 7.53. The van der Waals surface area contributed by atoms with Crippen LogP contribution in [0.15, 0.2) is 34.7 Å². The van der Waals surface area contributed by atoms with Crippen LogP contribution >= 0.6 is 11.3 Å². The first-order chi connectivity index (χ1) is 12.1. The van der Waals surface area contributed by atoms with Crippen molar-refractivity contribution in [2.45, 2.75) is 19.4 Å². The average Bonchev–Trinajstić information content (AvgIpc) is 3.29. The summed E-state index contributed by atoms with van der Waals surface area (Å²) < 4.78 is 16.2. The molecule has 1 aromatic heterocycles. The number of hydrogen-bond donors (Lipinski definition) is 0. The summed E-state index contributed by atoms with van der Waals surface area (Å²) in [6.07, 6.45) is 0.638. The topological polar surface area (TPSA) is 60.4 Å². The van der Waals surface area contributed by atoms with Gasteiger partial charge >= 0.3 is 0 Å². The molecule has 3 rings (SSSR count). The summed E-state index contributed by atoms with van der Waals surface area (Å²) in [4.78, 5) is 13.2. The van der Waals surface area contributed by atoms with Crippen molar-refractivity contribution in [1.82, 2.24) is 5.01 Å². The first-order valence-electron chi connectivity index (χ1n) is 7.80. The minimum atomic E-state index is -0.205. The van der Waals surface area contributed by atoms with Gasteiger partial charge in [-0.05, 0) is 29.1 Å². The lowest BCUT2D eigenvalue weighted by Crippen LogP contribution is -2.24. The molecule has 0 spiro atoms. The summed E-state index contributed by atoms with van der Waals surface area (Å²) in [6.45, 7) is 1.52. The predicted octanol–water partition coefficient (Wildman–Crippen LogP) is 3.47. The minimum absolute atomic E-state index is 0.106. The van der Waals surface area contributed by atoms with Crippen LogP contribution in [0.5, 0.6) is 17.2 Å². The van der Waals surface area contributed by atoms with Crippen molar-refractivity contribution in [3.8, 4) is 17.2 Å². The van der Waals surface area contributed by atoms with Crippen LogP contribution in [0.1, 0.15) is 29.8 Å². The fourth-order valence-corrected chi connectivity index (χ4v) is 3.67. The summed E-state index contributed by atoms with van der Waals surface area (Å²) in [5.74, 6) is 1.54. The molecule has 0 N–H and O–H groups in total. The van der Waals surface area contributed by atoms with E-state index < -0.39 is 0 Å². The van der Waals surface area contributed by atoms with Crippen LogP contribution in [0.4, 0.5) is 0 Å². The molecular formula is C18H20N2O4S. The Morgan fingerprint density at radius 3 is 2.36 bits per heavy atom. The zero-order valence-electron chi connectivity index (χ0n) is 14.6. The van der Waals surface area contributed by atoms with Crippen LogP contribution in [0, 0.1) is 0 Å². The SMILES string of the molecule is COc1cc([C@H]2CC(c3cccs3)=NN2C(C)=O)cc(OC)c1OC. The average molecular weight is 360 g/mol. The molecule has 1 aliphatic heterocycles. The van der Waals surface area contributed by atoms with E-state index in [1.54, 1.807) is 32.7 Å². The van der Waals surface area contributed by atoms with Gasteiger partial charge in [0, 0.05) is 13.3 Å². The van der Waals surface area contributed by atoms with Gasteiger partial charge in [-0.2, -0.15) is 5.10 Å². The molecule has 0 fully saturated rings. The largest absolute Gasteiger partial charge is 0.493 e. The highest BCUT2D eigenvalue weighted by Crippen LogP contribution is 2.43. The molecule has 0 saturated carbocycles. The number of hydrazone groups is 1. The molecule has 1 aromatic carbocycles. The number of rotatable bonds is 5. The van der Waals surface area contributed by atoms with Crippen LogP contribution in [-0.2, 0) is 4.79 Å². The van der Waals surface area contributed by atoms with E-state index in [-0.39, 0.29) is 11.9 Å². The molecule has 0 saturated heterocycles. The van der Waals surface area contributed by atoms with Crippen LogP contribution < -0.4 is 14.2 Å². The molecule has 1 aliphatic rings. The van der Waals surface area contributed by atoms with E-state index in [0.29, 0.717) is 23.7 Å². The Kier molecular flexibility index (Phi) is 4.94. The smallest absolute Gasteiger partial charge is 0.240 e. The maximum atomic E-state index is 12.1. The molecule has 6 nitrogen and oxygen atoms in total. The van der Waals surface area contributed by atoms with E-state index in [2.05, 4.69) is 5.10 Å². The van der Waals surface area contributed by atoms with Crippen molar-refractivity contribution < 1.29 is 19.0 Å². The number of carbonyl (C=O) groups is 1. The van der Waals surface area contributed by atoms with Gasteiger partial charge in [0.05, 0.1) is 38.0 Å². The van der Waals surface area contributed by atoms with E-state index in [9.17, 15) is 4.79 Å². The van der Waals surface area contributed by atoms with Crippen LogP contribution in [0.3, 0.4) is 0 Å². The lowest BCUT2D eigenvalue weighted by Gasteiger charge is -2.22. The Hall–Kier alpha value is -2.54. The van der Waals surface area contributed by atoms with Crippen LogP contribution in [0.25, 0.3) is 0 Å². The molecule has 0 unspecified atom stereocenters. The van der Waals surface area contributed by atoms with E-state index in [0.717, 1.165) is 16.2 Å². The molecule has 0 bridgehead atoms. The van der Waals surface area contributed by atoms with Crippen molar-refractivity contribution in [2.24, 2.45) is 5.10 Å². The second kappa shape index (κ2) is 7.14. The fourth-order valence-electron chi connectivity index (χ4n) is 2.95. The molecule has 1 amide bonds. The van der Waals surface area contributed by atoms with Gasteiger partial charge in [-0.1, -0.05) is 6.07 Å². The number of benzene rings is 1. The summed E-state index contributed by atoms with van der Waals surface area (Å²) in [5.41, 5.74) is 1.80. The fraction of sp³-hybridized carbons (Fsp3) is 0.333. The molecule has 2 aromatic rings. The third kappa shape index (κ3) is 3.19. The maximum Gasteiger partial charge on any atom is 0.240 e. The second-order valence-corrected chi connectivity index (χ2v) is 6.51. The molecule has 0 aliphatic carbocycles. The molecular weight excluding hydrogens is 340 g/mol. The number of thiophene rings is 1. The Morgan fingerprint density at radius 2 is 1.88 bits per heavy atom. The standard InChI is InChI=1S/C18H20N2O4S/c1-11(21)20-14(10-13(19-20)17-6-5-7-25-17)12-8-15(22-2)18(24-4)16(9-12)23-3/h5-9,14H,10H2,1-4H3/t14-/m1/s1. The highest BCUT2D eigenvalue weighted by Gasteiger charge is 2.33. The van der Waals surface area contributed by atoms with Gasteiger partial charge in [-0.15, -0.1) is 11.3 Å². The quantitative estimate of drug-likeness (QED) is 0.819. The molecule has 7 heteroatoms. The van der Waals surface area contributed by atoms with Gasteiger partial charge in [0.2, 0.25) is 11.7 Å². The monoisotopic (exact) mass is 360 g/mol. The van der Waals surface area contributed by atoms with Crippen molar-refractivity contribution in [2.75, 3.05) is 21.3 Å². The Morgan fingerprint density at radius 1 is 1.20 bits per heavy atom. The zero-order chi connectivity index (χ0) is 18.0. The van der Waals surface area contributed by atoms with Crippen LogP contribution in [-0.4, -0.2) is 38.0 Å². The lowest BCUT2D eigenvalue weighted by atomic mass is 10.00. The summed E-state index contributed by atoms with van der Waals surface area (Å²) in [7, 11) is 4.72. The second-order valence-electron chi connectivity index (χ2n) is 5.57. The molecule has 2 heterocycles.